The van der Waals surface area contributed by atoms with Gasteiger partial charge in [-0.1, -0.05) is 23.9 Å². The van der Waals surface area contributed by atoms with Gasteiger partial charge in [0.2, 0.25) is 5.91 Å². The average molecular weight is 467 g/mol. The van der Waals surface area contributed by atoms with Gasteiger partial charge in [0, 0.05) is 23.4 Å². The first kappa shape index (κ1) is 23.0. The zero-order valence-corrected chi connectivity index (χ0v) is 19.4. The molecule has 1 aliphatic heterocycles. The molecule has 4 rings (SSSR count). The number of amides is 1. The number of carbonyl (C=O) groups is 2. The third-order valence-electron chi connectivity index (χ3n) is 5.36. The maximum Gasteiger partial charge on any atom is 0.234 e. The van der Waals surface area contributed by atoms with E-state index in [9.17, 15) is 9.59 Å². The Bertz CT molecular complexity index is 1120. The number of methoxy groups -OCH3 is 1. The largest absolute Gasteiger partial charge is 0.497 e. The standard InChI is InChI=1S/C24H26N4O4S/c1-16(29)18-5-3-6-19(13-18)25-22(30)15-33-24-27-26-23(17-8-10-20(31-2)11-9-17)28(24)14-21-7-4-12-32-21/h3,5-6,8-11,13,21H,4,7,12,14-15H2,1-2H3,(H,25,30). The van der Waals surface area contributed by atoms with Crippen LogP contribution in [0.15, 0.2) is 53.7 Å². The number of ether oxygens (including phenoxy) is 2. The fourth-order valence-electron chi connectivity index (χ4n) is 3.65. The summed E-state index contributed by atoms with van der Waals surface area (Å²) in [6, 6.07) is 14.6. The second-order valence-corrected chi connectivity index (χ2v) is 8.70. The predicted octanol–water partition coefficient (Wildman–Crippen LogP) is 4.07. The maximum atomic E-state index is 12.6. The summed E-state index contributed by atoms with van der Waals surface area (Å²) in [6.07, 6.45) is 2.12. The van der Waals surface area contributed by atoms with E-state index in [1.54, 1.807) is 31.4 Å². The fourth-order valence-corrected chi connectivity index (χ4v) is 4.40. The number of carbonyl (C=O) groups excluding carboxylic acids is 2. The molecule has 2 aromatic carbocycles. The lowest BCUT2D eigenvalue weighted by molar-refractivity contribution is -0.113. The van der Waals surface area contributed by atoms with E-state index in [-0.39, 0.29) is 23.5 Å². The van der Waals surface area contributed by atoms with E-state index >= 15 is 0 Å². The molecule has 1 aliphatic rings. The van der Waals surface area contributed by atoms with Crippen LogP contribution < -0.4 is 10.1 Å². The smallest absolute Gasteiger partial charge is 0.234 e. The molecule has 0 radical (unpaired) electrons. The minimum absolute atomic E-state index is 0.0474. The summed E-state index contributed by atoms with van der Waals surface area (Å²) in [5.74, 6) is 1.43. The quantitative estimate of drug-likeness (QED) is 0.375. The van der Waals surface area contributed by atoms with Gasteiger partial charge in [-0.3, -0.25) is 14.2 Å². The fraction of sp³-hybridized carbons (Fsp3) is 0.333. The topological polar surface area (TPSA) is 95.3 Å². The zero-order chi connectivity index (χ0) is 23.2. The first-order chi connectivity index (χ1) is 16.0. The second kappa shape index (κ2) is 10.6. The van der Waals surface area contributed by atoms with Gasteiger partial charge in [-0.2, -0.15) is 0 Å². The molecule has 1 atom stereocenters. The molecule has 1 fully saturated rings. The number of benzene rings is 2. The molecule has 0 saturated carbocycles. The Balaban J connectivity index is 1.49. The van der Waals surface area contributed by atoms with Crippen molar-refractivity contribution in [2.24, 2.45) is 0 Å². The maximum absolute atomic E-state index is 12.6. The summed E-state index contributed by atoms with van der Waals surface area (Å²) in [4.78, 5) is 24.1. The van der Waals surface area contributed by atoms with Gasteiger partial charge in [0.1, 0.15) is 5.75 Å². The third-order valence-corrected chi connectivity index (χ3v) is 6.33. The van der Waals surface area contributed by atoms with Crippen LogP contribution >= 0.6 is 11.8 Å². The van der Waals surface area contributed by atoms with Crippen molar-refractivity contribution in [1.82, 2.24) is 14.8 Å². The normalized spacial score (nSPS) is 15.4. The number of ketones is 1. The van der Waals surface area contributed by atoms with Crippen molar-refractivity contribution in [3.8, 4) is 17.1 Å². The average Bonchev–Trinajstić information content (AvgIpc) is 3.48. The predicted molar refractivity (Wildman–Crippen MR) is 127 cm³/mol. The minimum atomic E-state index is -0.182. The summed E-state index contributed by atoms with van der Waals surface area (Å²) >= 11 is 1.32. The van der Waals surface area contributed by atoms with Crippen LogP contribution in [0.1, 0.15) is 30.1 Å². The summed E-state index contributed by atoms with van der Waals surface area (Å²) < 4.78 is 13.1. The van der Waals surface area contributed by atoms with Crippen LogP contribution in [0.3, 0.4) is 0 Å². The number of nitrogens with zero attached hydrogens (tertiary/aromatic N) is 3. The molecule has 1 unspecified atom stereocenters. The lowest BCUT2D eigenvalue weighted by Crippen LogP contribution is -2.18. The van der Waals surface area contributed by atoms with Crippen LogP contribution in [0.2, 0.25) is 0 Å². The monoisotopic (exact) mass is 466 g/mol. The molecule has 3 aromatic rings. The molecule has 8 nitrogen and oxygen atoms in total. The van der Waals surface area contributed by atoms with Gasteiger partial charge in [-0.25, -0.2) is 0 Å². The van der Waals surface area contributed by atoms with Gasteiger partial charge < -0.3 is 14.8 Å². The summed E-state index contributed by atoms with van der Waals surface area (Å²) in [7, 11) is 1.63. The lowest BCUT2D eigenvalue weighted by atomic mass is 10.1. The summed E-state index contributed by atoms with van der Waals surface area (Å²) in [5.41, 5.74) is 2.06. The third kappa shape index (κ3) is 5.80. The number of rotatable bonds is 9. The van der Waals surface area contributed by atoms with Crippen molar-refractivity contribution < 1.29 is 19.1 Å². The number of Topliss-reactive ketones (excluding diaryl/α,β-unsaturated/α-hetero) is 1. The Hall–Kier alpha value is -3.17. The summed E-state index contributed by atoms with van der Waals surface area (Å²) in [6.45, 7) is 2.88. The van der Waals surface area contributed by atoms with Crippen molar-refractivity contribution >= 4 is 29.1 Å². The molecule has 1 N–H and O–H groups in total. The molecule has 33 heavy (non-hydrogen) atoms. The van der Waals surface area contributed by atoms with Crippen molar-refractivity contribution in [2.45, 2.75) is 37.6 Å². The highest BCUT2D eigenvalue weighted by molar-refractivity contribution is 7.99. The van der Waals surface area contributed by atoms with Crippen molar-refractivity contribution in [3.63, 3.8) is 0 Å². The Morgan fingerprint density at radius 3 is 2.73 bits per heavy atom. The molecule has 1 saturated heterocycles. The molecule has 1 amide bonds. The Morgan fingerprint density at radius 2 is 2.03 bits per heavy atom. The van der Waals surface area contributed by atoms with E-state index in [1.165, 1.54) is 18.7 Å². The first-order valence-electron chi connectivity index (χ1n) is 10.8. The number of anilines is 1. The molecule has 0 aliphatic carbocycles. The van der Waals surface area contributed by atoms with Gasteiger partial charge in [-0.05, 0) is 56.2 Å². The molecule has 2 heterocycles. The molecule has 0 bridgehead atoms. The Morgan fingerprint density at radius 1 is 1.21 bits per heavy atom. The molecular formula is C24H26N4O4S. The van der Waals surface area contributed by atoms with Crippen LogP contribution in [0.4, 0.5) is 5.69 Å². The molecule has 172 valence electrons. The molecule has 9 heteroatoms. The lowest BCUT2D eigenvalue weighted by Gasteiger charge is -2.15. The van der Waals surface area contributed by atoms with E-state index in [4.69, 9.17) is 9.47 Å². The zero-order valence-electron chi connectivity index (χ0n) is 18.6. The highest BCUT2D eigenvalue weighted by atomic mass is 32.2. The number of nitrogens with one attached hydrogen (secondary N) is 1. The van der Waals surface area contributed by atoms with E-state index < -0.39 is 0 Å². The van der Waals surface area contributed by atoms with Gasteiger partial charge in [0.25, 0.3) is 0 Å². The number of hydrogen-bond donors (Lipinski definition) is 1. The molecule has 0 spiro atoms. The van der Waals surface area contributed by atoms with Gasteiger partial charge in [0.05, 0.1) is 25.5 Å². The van der Waals surface area contributed by atoms with E-state index in [0.29, 0.717) is 23.0 Å². The van der Waals surface area contributed by atoms with Crippen molar-refractivity contribution in [3.05, 3.63) is 54.1 Å². The highest BCUT2D eigenvalue weighted by Crippen LogP contribution is 2.28. The number of hydrogen-bond acceptors (Lipinski definition) is 7. The molecule has 1 aromatic heterocycles. The Labute approximate surface area is 196 Å². The van der Waals surface area contributed by atoms with E-state index in [1.807, 2.05) is 28.8 Å². The minimum Gasteiger partial charge on any atom is -0.497 e. The van der Waals surface area contributed by atoms with Crippen LogP contribution in [0.5, 0.6) is 5.75 Å². The van der Waals surface area contributed by atoms with Crippen LogP contribution in [0, 0.1) is 0 Å². The Kier molecular flexibility index (Phi) is 7.41. The number of thioether (sulfide) groups is 1. The van der Waals surface area contributed by atoms with Gasteiger partial charge >= 0.3 is 0 Å². The first-order valence-corrected chi connectivity index (χ1v) is 11.7. The van der Waals surface area contributed by atoms with E-state index in [2.05, 4.69) is 15.5 Å². The van der Waals surface area contributed by atoms with Gasteiger partial charge in [-0.15, -0.1) is 10.2 Å². The van der Waals surface area contributed by atoms with Crippen molar-refractivity contribution in [2.75, 3.05) is 24.8 Å². The van der Waals surface area contributed by atoms with E-state index in [0.717, 1.165) is 36.6 Å². The van der Waals surface area contributed by atoms with Crippen LogP contribution in [-0.2, 0) is 16.1 Å². The van der Waals surface area contributed by atoms with Gasteiger partial charge in [0.15, 0.2) is 16.8 Å². The molecular weight excluding hydrogens is 440 g/mol. The highest BCUT2D eigenvalue weighted by Gasteiger charge is 2.22. The summed E-state index contributed by atoms with van der Waals surface area (Å²) in [5, 5.41) is 12.3. The van der Waals surface area contributed by atoms with Crippen molar-refractivity contribution in [1.29, 1.82) is 0 Å². The SMILES string of the molecule is COc1ccc(-c2nnc(SCC(=O)Nc3cccc(C(C)=O)c3)n2CC2CCCO2)cc1. The second-order valence-electron chi connectivity index (χ2n) is 7.75. The number of aromatic nitrogens is 3. The van der Waals surface area contributed by atoms with Crippen LogP contribution in [0.25, 0.3) is 11.4 Å². The van der Waals surface area contributed by atoms with Crippen LogP contribution in [-0.4, -0.2) is 52.0 Å².